The molecular weight excluding hydrogens is 272 g/mol. The highest BCUT2D eigenvalue weighted by Gasteiger charge is 2.19. The molecule has 6 nitrogen and oxygen atoms in total. The molecule has 0 unspecified atom stereocenters. The number of nitrogens with one attached hydrogen (secondary N) is 2. The molecule has 2 amide bonds. The number of aliphatic hydroxyl groups excluding tert-OH is 1. The predicted octanol–water partition coefficient (Wildman–Crippen LogP) is 0.131. The first-order valence-electron chi connectivity index (χ1n) is 7.07. The van der Waals surface area contributed by atoms with Gasteiger partial charge in [0.05, 0.1) is 12.2 Å². The van der Waals surface area contributed by atoms with Crippen LogP contribution in [0, 0.1) is 0 Å². The van der Waals surface area contributed by atoms with Crippen LogP contribution < -0.4 is 10.6 Å². The molecule has 0 saturated carbocycles. The number of carbonyl (C=O) groups excluding carboxylic acids is 2. The van der Waals surface area contributed by atoms with E-state index >= 15 is 0 Å². The molecule has 1 aliphatic rings. The Balaban J connectivity index is 1.69. The second-order valence-corrected chi connectivity index (χ2v) is 4.98. The van der Waals surface area contributed by atoms with E-state index < -0.39 is 17.9 Å². The van der Waals surface area contributed by atoms with Crippen LogP contribution in [0.15, 0.2) is 30.3 Å². The predicted molar refractivity (Wildman–Crippen MR) is 76.4 cm³/mol. The van der Waals surface area contributed by atoms with E-state index in [0.717, 1.165) is 12.8 Å². The zero-order chi connectivity index (χ0) is 15.1. The van der Waals surface area contributed by atoms with Crippen molar-refractivity contribution in [3.05, 3.63) is 35.9 Å². The van der Waals surface area contributed by atoms with Gasteiger partial charge in [0.15, 0.2) is 0 Å². The van der Waals surface area contributed by atoms with Crippen LogP contribution >= 0.6 is 0 Å². The van der Waals surface area contributed by atoms with Gasteiger partial charge < -0.3 is 20.5 Å². The minimum Gasteiger partial charge on any atom is -0.387 e. The summed E-state index contributed by atoms with van der Waals surface area (Å²) < 4.78 is 5.35. The highest BCUT2D eigenvalue weighted by Crippen LogP contribution is 2.11. The standard InChI is InChI=1S/C15H20N2O4/c18-13(11-5-2-1-3-6-11)10-17-15(20)14(19)16-9-12-7-4-8-21-12/h1-3,5-6,12-13,18H,4,7-10H2,(H,16,19)(H,17,20)/t12-,13+/m1/s1. The summed E-state index contributed by atoms with van der Waals surface area (Å²) in [6.07, 6.45) is 1.04. The van der Waals surface area contributed by atoms with Gasteiger partial charge in [0.1, 0.15) is 0 Å². The number of aliphatic hydroxyl groups is 1. The van der Waals surface area contributed by atoms with E-state index in [4.69, 9.17) is 4.74 Å². The summed E-state index contributed by atoms with van der Waals surface area (Å²) in [4.78, 5) is 23.2. The Labute approximate surface area is 123 Å². The van der Waals surface area contributed by atoms with E-state index in [9.17, 15) is 14.7 Å². The number of ether oxygens (including phenoxy) is 1. The van der Waals surface area contributed by atoms with Gasteiger partial charge >= 0.3 is 11.8 Å². The normalized spacial score (nSPS) is 19.0. The molecule has 0 radical (unpaired) electrons. The van der Waals surface area contributed by atoms with E-state index in [-0.39, 0.29) is 12.6 Å². The van der Waals surface area contributed by atoms with Crippen molar-refractivity contribution in [2.75, 3.05) is 19.7 Å². The average molecular weight is 292 g/mol. The van der Waals surface area contributed by atoms with Crippen molar-refractivity contribution in [1.82, 2.24) is 10.6 Å². The Hall–Kier alpha value is -1.92. The van der Waals surface area contributed by atoms with Crippen LogP contribution in [-0.4, -0.2) is 42.7 Å². The summed E-state index contributed by atoms with van der Waals surface area (Å²) in [7, 11) is 0. The van der Waals surface area contributed by atoms with Crippen molar-refractivity contribution in [2.45, 2.75) is 25.0 Å². The second kappa shape index (κ2) is 7.75. The number of rotatable bonds is 5. The van der Waals surface area contributed by atoms with E-state index in [1.54, 1.807) is 24.3 Å². The van der Waals surface area contributed by atoms with Crippen molar-refractivity contribution in [3.8, 4) is 0 Å². The largest absolute Gasteiger partial charge is 0.387 e. The maximum absolute atomic E-state index is 11.6. The lowest BCUT2D eigenvalue weighted by Crippen LogP contribution is -2.43. The molecule has 0 bridgehead atoms. The van der Waals surface area contributed by atoms with Gasteiger partial charge in [-0.05, 0) is 18.4 Å². The number of carbonyl (C=O) groups is 2. The average Bonchev–Trinajstić information content (AvgIpc) is 3.04. The van der Waals surface area contributed by atoms with Crippen LogP contribution in [0.4, 0.5) is 0 Å². The van der Waals surface area contributed by atoms with E-state index in [1.165, 1.54) is 0 Å². The van der Waals surface area contributed by atoms with Crippen molar-refractivity contribution in [2.24, 2.45) is 0 Å². The molecule has 114 valence electrons. The number of benzene rings is 1. The van der Waals surface area contributed by atoms with Crippen molar-refractivity contribution < 1.29 is 19.4 Å². The second-order valence-electron chi connectivity index (χ2n) is 4.98. The maximum Gasteiger partial charge on any atom is 0.309 e. The summed E-state index contributed by atoms with van der Waals surface area (Å²) in [6, 6.07) is 8.96. The first-order chi connectivity index (χ1) is 10.2. The van der Waals surface area contributed by atoms with Crippen LogP contribution in [-0.2, 0) is 14.3 Å². The van der Waals surface area contributed by atoms with Gasteiger partial charge in [-0.15, -0.1) is 0 Å². The first-order valence-corrected chi connectivity index (χ1v) is 7.07. The zero-order valence-electron chi connectivity index (χ0n) is 11.7. The SMILES string of the molecule is O=C(NC[C@H]1CCCO1)C(=O)NC[C@H](O)c1ccccc1. The molecule has 1 fully saturated rings. The van der Waals surface area contributed by atoms with Crippen LogP contribution in [0.2, 0.25) is 0 Å². The Morgan fingerprint density at radius 3 is 2.62 bits per heavy atom. The lowest BCUT2D eigenvalue weighted by Gasteiger charge is -2.13. The summed E-state index contributed by atoms with van der Waals surface area (Å²) >= 11 is 0. The molecule has 3 N–H and O–H groups in total. The fraction of sp³-hybridized carbons (Fsp3) is 0.467. The van der Waals surface area contributed by atoms with Gasteiger partial charge in [0.25, 0.3) is 0 Å². The molecule has 0 spiro atoms. The minimum absolute atomic E-state index is 0.00309. The molecular formula is C15H20N2O4. The zero-order valence-corrected chi connectivity index (χ0v) is 11.7. The Morgan fingerprint density at radius 2 is 1.95 bits per heavy atom. The number of hydrogen-bond acceptors (Lipinski definition) is 4. The van der Waals surface area contributed by atoms with Crippen molar-refractivity contribution in [1.29, 1.82) is 0 Å². The smallest absolute Gasteiger partial charge is 0.309 e. The van der Waals surface area contributed by atoms with Gasteiger partial charge in [-0.25, -0.2) is 0 Å². The first kappa shape index (κ1) is 15.5. The highest BCUT2D eigenvalue weighted by molar-refractivity contribution is 6.35. The minimum atomic E-state index is -0.832. The summed E-state index contributed by atoms with van der Waals surface area (Å²) in [5.74, 6) is -1.45. The van der Waals surface area contributed by atoms with Crippen molar-refractivity contribution in [3.63, 3.8) is 0 Å². The van der Waals surface area contributed by atoms with Gasteiger partial charge in [0.2, 0.25) is 0 Å². The van der Waals surface area contributed by atoms with Gasteiger partial charge in [-0.2, -0.15) is 0 Å². The van der Waals surface area contributed by atoms with E-state index in [1.807, 2.05) is 6.07 Å². The lowest BCUT2D eigenvalue weighted by molar-refractivity contribution is -0.139. The molecule has 1 saturated heterocycles. The Bertz CT molecular complexity index is 472. The molecule has 0 aromatic heterocycles. The van der Waals surface area contributed by atoms with Gasteiger partial charge in [-0.1, -0.05) is 30.3 Å². The Kier molecular flexibility index (Phi) is 5.71. The van der Waals surface area contributed by atoms with E-state index in [2.05, 4.69) is 10.6 Å². The third kappa shape index (κ3) is 4.84. The van der Waals surface area contributed by atoms with Crippen LogP contribution in [0.1, 0.15) is 24.5 Å². The van der Waals surface area contributed by atoms with E-state index in [0.29, 0.717) is 18.7 Å². The van der Waals surface area contributed by atoms with Gasteiger partial charge in [0, 0.05) is 19.7 Å². The molecule has 1 aromatic carbocycles. The molecule has 2 rings (SSSR count). The molecule has 1 heterocycles. The summed E-state index contributed by atoms with van der Waals surface area (Å²) in [5, 5.41) is 14.8. The van der Waals surface area contributed by atoms with Crippen LogP contribution in [0.25, 0.3) is 0 Å². The molecule has 0 aliphatic carbocycles. The third-order valence-corrected chi connectivity index (χ3v) is 3.36. The quantitative estimate of drug-likeness (QED) is 0.673. The number of hydrogen-bond donors (Lipinski definition) is 3. The Morgan fingerprint density at radius 1 is 1.24 bits per heavy atom. The van der Waals surface area contributed by atoms with Crippen LogP contribution in [0.3, 0.4) is 0 Å². The molecule has 6 heteroatoms. The topological polar surface area (TPSA) is 87.7 Å². The fourth-order valence-electron chi connectivity index (χ4n) is 2.15. The number of amides is 2. The summed E-state index contributed by atoms with van der Waals surface area (Å²) in [5.41, 5.74) is 0.692. The molecule has 1 aromatic rings. The fourth-order valence-corrected chi connectivity index (χ4v) is 2.15. The molecule has 1 aliphatic heterocycles. The molecule has 2 atom stereocenters. The monoisotopic (exact) mass is 292 g/mol. The maximum atomic E-state index is 11.6. The highest BCUT2D eigenvalue weighted by atomic mass is 16.5. The summed E-state index contributed by atoms with van der Waals surface area (Å²) in [6.45, 7) is 1.04. The van der Waals surface area contributed by atoms with Crippen molar-refractivity contribution >= 4 is 11.8 Å². The van der Waals surface area contributed by atoms with Crippen LogP contribution in [0.5, 0.6) is 0 Å². The lowest BCUT2D eigenvalue weighted by atomic mass is 10.1. The van der Waals surface area contributed by atoms with Gasteiger partial charge in [-0.3, -0.25) is 9.59 Å². The third-order valence-electron chi connectivity index (χ3n) is 3.36. The molecule has 21 heavy (non-hydrogen) atoms.